The second-order valence-electron chi connectivity index (χ2n) is 6.69. The molecule has 142 valence electrons. The first-order valence-electron chi connectivity index (χ1n) is 9.10. The van der Waals surface area contributed by atoms with Gasteiger partial charge in [0.25, 0.3) is 5.91 Å². The average Bonchev–Trinajstić information content (AvgIpc) is 2.71. The molecule has 0 radical (unpaired) electrons. The van der Waals surface area contributed by atoms with Gasteiger partial charge in [-0.25, -0.2) is 4.98 Å². The quantitative estimate of drug-likeness (QED) is 0.704. The molecule has 6 heteroatoms. The van der Waals surface area contributed by atoms with Crippen molar-refractivity contribution in [2.24, 2.45) is 0 Å². The first kappa shape index (κ1) is 17.9. The van der Waals surface area contributed by atoms with Gasteiger partial charge in [-0.15, -0.1) is 0 Å². The van der Waals surface area contributed by atoms with E-state index < -0.39 is 0 Å². The average molecular weight is 375 g/mol. The van der Waals surface area contributed by atoms with Crippen LogP contribution in [0.25, 0.3) is 0 Å². The Kier molecular flexibility index (Phi) is 4.85. The molecule has 4 rings (SSSR count). The van der Waals surface area contributed by atoms with Crippen LogP contribution in [-0.2, 0) is 0 Å². The lowest BCUT2D eigenvalue weighted by Crippen LogP contribution is -2.16. The molecule has 1 amide bonds. The molecule has 1 aliphatic rings. The van der Waals surface area contributed by atoms with Crippen LogP contribution in [0.5, 0.6) is 11.5 Å². The SMILES string of the molecule is Cc1ccc(C)c(Nc2ccc(C(=O)Nc3ccc4c(c3)OCCO4)cn2)c1. The van der Waals surface area contributed by atoms with Crippen molar-refractivity contribution in [3.05, 3.63) is 71.4 Å². The number of aromatic nitrogens is 1. The largest absolute Gasteiger partial charge is 0.486 e. The molecular formula is C22H21N3O3. The Morgan fingerprint density at radius 1 is 0.964 bits per heavy atom. The van der Waals surface area contributed by atoms with Gasteiger partial charge in [0.15, 0.2) is 11.5 Å². The van der Waals surface area contributed by atoms with Crippen LogP contribution in [-0.4, -0.2) is 24.1 Å². The smallest absolute Gasteiger partial charge is 0.257 e. The van der Waals surface area contributed by atoms with Crippen molar-refractivity contribution in [1.82, 2.24) is 4.98 Å². The molecule has 3 aromatic rings. The number of hydrogen-bond donors (Lipinski definition) is 2. The van der Waals surface area contributed by atoms with Crippen molar-refractivity contribution >= 4 is 23.1 Å². The number of benzene rings is 2. The minimum atomic E-state index is -0.234. The van der Waals surface area contributed by atoms with Gasteiger partial charge in [0.2, 0.25) is 0 Å². The number of fused-ring (bicyclic) bond motifs is 1. The third kappa shape index (κ3) is 3.91. The van der Waals surface area contributed by atoms with E-state index in [0.29, 0.717) is 41.8 Å². The fourth-order valence-electron chi connectivity index (χ4n) is 2.93. The summed E-state index contributed by atoms with van der Waals surface area (Å²) in [6.45, 7) is 5.12. The first-order chi connectivity index (χ1) is 13.6. The number of pyridine rings is 1. The predicted molar refractivity (Wildman–Crippen MR) is 109 cm³/mol. The topological polar surface area (TPSA) is 72.5 Å². The summed E-state index contributed by atoms with van der Waals surface area (Å²) < 4.78 is 11.0. The fraction of sp³-hybridized carbons (Fsp3) is 0.182. The maximum atomic E-state index is 12.5. The molecule has 0 fully saturated rings. The van der Waals surface area contributed by atoms with Gasteiger partial charge in [0, 0.05) is 23.6 Å². The zero-order valence-electron chi connectivity index (χ0n) is 15.8. The number of rotatable bonds is 4. The van der Waals surface area contributed by atoms with E-state index >= 15 is 0 Å². The van der Waals surface area contributed by atoms with Gasteiger partial charge in [0.05, 0.1) is 5.56 Å². The van der Waals surface area contributed by atoms with E-state index in [1.54, 1.807) is 36.5 Å². The van der Waals surface area contributed by atoms with Gasteiger partial charge in [-0.2, -0.15) is 0 Å². The van der Waals surface area contributed by atoms with Gasteiger partial charge < -0.3 is 20.1 Å². The summed E-state index contributed by atoms with van der Waals surface area (Å²) in [7, 11) is 0. The van der Waals surface area contributed by atoms with Crippen LogP contribution >= 0.6 is 0 Å². The third-order valence-electron chi connectivity index (χ3n) is 4.48. The Hall–Kier alpha value is -3.54. The Labute approximate surface area is 163 Å². The van der Waals surface area contributed by atoms with E-state index in [4.69, 9.17) is 9.47 Å². The van der Waals surface area contributed by atoms with Crippen LogP contribution in [0, 0.1) is 13.8 Å². The number of carbonyl (C=O) groups is 1. The Balaban J connectivity index is 1.45. The van der Waals surface area contributed by atoms with Crippen molar-refractivity contribution in [3.8, 4) is 11.5 Å². The second-order valence-corrected chi connectivity index (χ2v) is 6.69. The van der Waals surface area contributed by atoms with E-state index in [9.17, 15) is 4.79 Å². The van der Waals surface area contributed by atoms with Gasteiger partial charge in [0.1, 0.15) is 19.0 Å². The number of amides is 1. The number of nitrogens with zero attached hydrogens (tertiary/aromatic N) is 1. The molecule has 28 heavy (non-hydrogen) atoms. The molecule has 0 atom stereocenters. The van der Waals surface area contributed by atoms with Crippen LogP contribution in [0.3, 0.4) is 0 Å². The van der Waals surface area contributed by atoms with Crippen molar-refractivity contribution in [1.29, 1.82) is 0 Å². The van der Waals surface area contributed by atoms with Gasteiger partial charge in [-0.05, 0) is 55.3 Å². The molecule has 0 aliphatic carbocycles. The summed E-state index contributed by atoms with van der Waals surface area (Å²) in [5.41, 5.74) is 4.42. The van der Waals surface area contributed by atoms with Gasteiger partial charge in [-0.3, -0.25) is 4.79 Å². The number of carbonyl (C=O) groups excluding carboxylic acids is 1. The number of nitrogens with one attached hydrogen (secondary N) is 2. The molecule has 2 heterocycles. The normalized spacial score (nSPS) is 12.4. The maximum Gasteiger partial charge on any atom is 0.257 e. The predicted octanol–water partition coefficient (Wildman–Crippen LogP) is 4.47. The van der Waals surface area contributed by atoms with Crippen molar-refractivity contribution in [3.63, 3.8) is 0 Å². The number of anilines is 3. The molecule has 0 bridgehead atoms. The standard InChI is InChI=1S/C22H21N3O3/c1-14-3-4-15(2)18(11-14)25-21-8-5-16(13-23-21)22(26)24-17-6-7-19-20(12-17)28-10-9-27-19/h3-8,11-13H,9-10H2,1-2H3,(H,23,25)(H,24,26). The number of hydrogen-bond acceptors (Lipinski definition) is 5. The van der Waals surface area contributed by atoms with Crippen LogP contribution in [0.1, 0.15) is 21.5 Å². The zero-order chi connectivity index (χ0) is 19.5. The summed E-state index contributed by atoms with van der Waals surface area (Å²) in [6, 6.07) is 15.1. The van der Waals surface area contributed by atoms with Gasteiger partial charge in [-0.1, -0.05) is 12.1 Å². The van der Waals surface area contributed by atoms with Crippen LogP contribution in [0.2, 0.25) is 0 Å². The molecule has 0 spiro atoms. The Bertz CT molecular complexity index is 1020. The minimum absolute atomic E-state index is 0.234. The highest BCUT2D eigenvalue weighted by Crippen LogP contribution is 2.32. The third-order valence-corrected chi connectivity index (χ3v) is 4.48. The summed E-state index contributed by atoms with van der Waals surface area (Å²) in [5.74, 6) is 1.77. The van der Waals surface area contributed by atoms with Crippen molar-refractivity contribution in [2.45, 2.75) is 13.8 Å². The zero-order valence-corrected chi connectivity index (χ0v) is 15.8. The van der Waals surface area contributed by atoms with Gasteiger partial charge >= 0.3 is 0 Å². The molecule has 0 saturated carbocycles. The number of aryl methyl sites for hydroxylation is 2. The first-order valence-corrected chi connectivity index (χ1v) is 9.10. The number of ether oxygens (including phenoxy) is 2. The molecule has 1 aliphatic heterocycles. The van der Waals surface area contributed by atoms with E-state index in [0.717, 1.165) is 11.3 Å². The molecule has 0 unspecified atom stereocenters. The van der Waals surface area contributed by atoms with Crippen LogP contribution in [0.4, 0.5) is 17.2 Å². The highest BCUT2D eigenvalue weighted by Gasteiger charge is 2.13. The van der Waals surface area contributed by atoms with Crippen molar-refractivity contribution < 1.29 is 14.3 Å². The van der Waals surface area contributed by atoms with Crippen molar-refractivity contribution in [2.75, 3.05) is 23.8 Å². The van der Waals surface area contributed by atoms with Crippen LogP contribution in [0.15, 0.2) is 54.7 Å². The Morgan fingerprint density at radius 3 is 2.57 bits per heavy atom. The summed E-state index contributed by atoms with van der Waals surface area (Å²) in [6.07, 6.45) is 1.56. The van der Waals surface area contributed by atoms with E-state index in [1.807, 2.05) is 13.8 Å². The molecular weight excluding hydrogens is 354 g/mol. The molecule has 2 aromatic carbocycles. The summed E-state index contributed by atoms with van der Waals surface area (Å²) >= 11 is 0. The Morgan fingerprint density at radius 2 is 1.79 bits per heavy atom. The highest BCUT2D eigenvalue weighted by molar-refractivity contribution is 6.04. The van der Waals surface area contributed by atoms with Crippen LogP contribution < -0.4 is 20.1 Å². The minimum Gasteiger partial charge on any atom is -0.486 e. The van der Waals surface area contributed by atoms with E-state index in [2.05, 4.69) is 33.8 Å². The molecule has 0 saturated heterocycles. The lowest BCUT2D eigenvalue weighted by molar-refractivity contribution is 0.102. The monoisotopic (exact) mass is 375 g/mol. The summed E-state index contributed by atoms with van der Waals surface area (Å²) in [4.78, 5) is 16.9. The molecule has 6 nitrogen and oxygen atoms in total. The van der Waals surface area contributed by atoms with E-state index in [1.165, 1.54) is 5.56 Å². The van der Waals surface area contributed by atoms with E-state index in [-0.39, 0.29) is 5.91 Å². The molecule has 1 aromatic heterocycles. The maximum absolute atomic E-state index is 12.5. The second kappa shape index (κ2) is 7.60. The highest BCUT2D eigenvalue weighted by atomic mass is 16.6. The lowest BCUT2D eigenvalue weighted by atomic mass is 10.1. The fourth-order valence-corrected chi connectivity index (χ4v) is 2.93. The summed E-state index contributed by atoms with van der Waals surface area (Å²) in [5, 5.41) is 6.15. The lowest BCUT2D eigenvalue weighted by Gasteiger charge is -2.19. The molecule has 2 N–H and O–H groups in total.